The smallest absolute Gasteiger partial charge is 0.307 e. The van der Waals surface area contributed by atoms with E-state index in [4.69, 9.17) is 14.6 Å². The molecule has 2 N–H and O–H groups in total. The molecule has 38 heavy (non-hydrogen) atoms. The van der Waals surface area contributed by atoms with Gasteiger partial charge in [-0.15, -0.1) is 0 Å². The third kappa shape index (κ3) is 4.98. The lowest BCUT2D eigenvalue weighted by Crippen LogP contribution is -2.29. The first-order chi connectivity index (χ1) is 18.2. The average molecular weight is 516 g/mol. The summed E-state index contributed by atoms with van der Waals surface area (Å²) in [5.41, 5.74) is 2.74. The number of anilines is 1. The summed E-state index contributed by atoms with van der Waals surface area (Å²) in [5.74, 6) is -1.54. The van der Waals surface area contributed by atoms with Crippen LogP contribution in [0.4, 0.5) is 5.69 Å². The number of benzene rings is 3. The van der Waals surface area contributed by atoms with Crippen molar-refractivity contribution in [2.75, 3.05) is 19.1 Å². The molecule has 8 heteroatoms. The number of methoxy groups -OCH3 is 2. The quantitative estimate of drug-likeness (QED) is 0.244. The van der Waals surface area contributed by atoms with Gasteiger partial charge in [-0.25, -0.2) is 0 Å². The molecule has 0 spiro atoms. The standard InChI is InChI=1S/C30H29NO7/c1-17(2)23-16-20(9-14-24(23)38-4)28(34)26-27(19-7-12-22(37-3)13-8-19)31(30(36)29(26)35)21-10-5-18(6-11-21)15-25(32)33/h5-14,16-17,27,34H,15H2,1-4H3,(H,32,33)/b28-26-. The average Bonchev–Trinajstić information content (AvgIpc) is 3.18. The van der Waals surface area contributed by atoms with E-state index in [0.717, 1.165) is 5.56 Å². The van der Waals surface area contributed by atoms with Crippen LogP contribution >= 0.6 is 0 Å². The van der Waals surface area contributed by atoms with Crippen LogP contribution in [0, 0.1) is 0 Å². The minimum absolute atomic E-state index is 0.0466. The number of aliphatic hydroxyl groups is 1. The number of hydrogen-bond acceptors (Lipinski definition) is 6. The van der Waals surface area contributed by atoms with Gasteiger partial charge in [0.25, 0.3) is 11.7 Å². The highest BCUT2D eigenvalue weighted by atomic mass is 16.5. The summed E-state index contributed by atoms with van der Waals surface area (Å²) >= 11 is 0. The predicted octanol–water partition coefficient (Wildman–Crippen LogP) is 5.08. The van der Waals surface area contributed by atoms with Gasteiger partial charge in [-0.3, -0.25) is 19.3 Å². The Kier molecular flexibility index (Phi) is 7.52. The summed E-state index contributed by atoms with van der Waals surface area (Å²) in [5, 5.41) is 20.6. The molecule has 4 rings (SSSR count). The van der Waals surface area contributed by atoms with Gasteiger partial charge in [0.15, 0.2) is 0 Å². The third-order valence-corrected chi connectivity index (χ3v) is 6.57. The molecule has 1 fully saturated rings. The Morgan fingerprint density at radius 2 is 1.58 bits per heavy atom. The van der Waals surface area contributed by atoms with E-state index in [9.17, 15) is 19.5 Å². The van der Waals surface area contributed by atoms with Crippen LogP contribution in [0.1, 0.15) is 48.1 Å². The fourth-order valence-corrected chi connectivity index (χ4v) is 4.64. The number of carbonyl (C=O) groups is 3. The molecular weight excluding hydrogens is 486 g/mol. The lowest BCUT2D eigenvalue weighted by Gasteiger charge is -2.26. The summed E-state index contributed by atoms with van der Waals surface area (Å²) in [7, 11) is 3.10. The van der Waals surface area contributed by atoms with Gasteiger partial charge < -0.3 is 19.7 Å². The number of nitrogens with zero attached hydrogens (tertiary/aromatic N) is 1. The first-order valence-electron chi connectivity index (χ1n) is 12.1. The number of hydrogen-bond donors (Lipinski definition) is 2. The van der Waals surface area contributed by atoms with Crippen molar-refractivity contribution >= 4 is 29.1 Å². The molecule has 8 nitrogen and oxygen atoms in total. The van der Waals surface area contributed by atoms with Gasteiger partial charge in [0.05, 0.1) is 32.3 Å². The van der Waals surface area contributed by atoms with Crippen molar-refractivity contribution < 1.29 is 34.1 Å². The Labute approximate surface area is 220 Å². The largest absolute Gasteiger partial charge is 0.507 e. The molecule has 1 saturated heterocycles. The first-order valence-corrected chi connectivity index (χ1v) is 12.1. The lowest BCUT2D eigenvalue weighted by atomic mass is 9.93. The van der Waals surface area contributed by atoms with E-state index in [1.165, 1.54) is 12.0 Å². The molecule has 196 valence electrons. The lowest BCUT2D eigenvalue weighted by molar-refractivity contribution is -0.136. The Hall–Kier alpha value is -4.59. The zero-order valence-corrected chi connectivity index (χ0v) is 21.6. The maximum absolute atomic E-state index is 13.4. The highest BCUT2D eigenvalue weighted by molar-refractivity contribution is 6.51. The van der Waals surface area contributed by atoms with Crippen LogP contribution in [0.5, 0.6) is 11.5 Å². The SMILES string of the molecule is COc1ccc(C2/C(=C(/O)c3ccc(OC)c(C(C)C)c3)C(=O)C(=O)N2c2ccc(CC(=O)O)cc2)cc1. The molecule has 0 aromatic heterocycles. The number of amides is 1. The molecule has 0 radical (unpaired) electrons. The zero-order valence-electron chi connectivity index (χ0n) is 21.6. The Morgan fingerprint density at radius 1 is 0.921 bits per heavy atom. The van der Waals surface area contributed by atoms with Gasteiger partial charge in [-0.1, -0.05) is 38.1 Å². The van der Waals surface area contributed by atoms with Gasteiger partial charge in [0.1, 0.15) is 17.3 Å². The molecule has 1 amide bonds. The van der Waals surface area contributed by atoms with E-state index in [-0.39, 0.29) is 23.7 Å². The summed E-state index contributed by atoms with van der Waals surface area (Å²) in [4.78, 5) is 39.2. The van der Waals surface area contributed by atoms with Crippen molar-refractivity contribution in [1.82, 2.24) is 0 Å². The van der Waals surface area contributed by atoms with Crippen LogP contribution in [0.25, 0.3) is 5.76 Å². The van der Waals surface area contributed by atoms with E-state index in [1.807, 2.05) is 13.8 Å². The Balaban J connectivity index is 1.89. The normalized spacial score (nSPS) is 16.7. The molecule has 1 unspecified atom stereocenters. The van der Waals surface area contributed by atoms with Crippen LogP contribution in [-0.2, 0) is 20.8 Å². The van der Waals surface area contributed by atoms with Crippen molar-refractivity contribution in [2.24, 2.45) is 0 Å². The molecule has 3 aromatic rings. The minimum atomic E-state index is -0.975. The molecule has 3 aromatic carbocycles. The Morgan fingerprint density at radius 3 is 2.13 bits per heavy atom. The number of carbonyl (C=O) groups excluding carboxylic acids is 2. The minimum Gasteiger partial charge on any atom is -0.507 e. The zero-order chi connectivity index (χ0) is 27.6. The number of aliphatic hydroxyl groups excluding tert-OH is 1. The molecule has 0 aliphatic carbocycles. The van der Waals surface area contributed by atoms with E-state index in [0.29, 0.717) is 33.9 Å². The second-order valence-corrected chi connectivity index (χ2v) is 9.29. The molecule has 1 heterocycles. The molecule has 0 bridgehead atoms. The molecule has 1 aliphatic rings. The van der Waals surface area contributed by atoms with Gasteiger partial charge in [-0.05, 0) is 65.1 Å². The van der Waals surface area contributed by atoms with E-state index in [2.05, 4.69) is 0 Å². The highest BCUT2D eigenvalue weighted by Crippen LogP contribution is 2.43. The number of Topliss-reactive ketones (excluding diaryl/α,β-unsaturated/α-hetero) is 1. The molecule has 1 aliphatic heterocycles. The van der Waals surface area contributed by atoms with Gasteiger partial charge in [0, 0.05) is 11.3 Å². The number of carboxylic acid groups (broad SMARTS) is 1. The fourth-order valence-electron chi connectivity index (χ4n) is 4.64. The summed E-state index contributed by atoms with van der Waals surface area (Å²) in [6, 6.07) is 17.5. The van der Waals surface area contributed by atoms with Crippen LogP contribution in [-0.4, -0.2) is 42.1 Å². The van der Waals surface area contributed by atoms with Crippen LogP contribution < -0.4 is 14.4 Å². The van der Waals surface area contributed by atoms with Crippen molar-refractivity contribution in [2.45, 2.75) is 32.2 Å². The van der Waals surface area contributed by atoms with E-state index in [1.54, 1.807) is 73.8 Å². The van der Waals surface area contributed by atoms with Gasteiger partial charge in [-0.2, -0.15) is 0 Å². The van der Waals surface area contributed by atoms with E-state index < -0.39 is 23.7 Å². The van der Waals surface area contributed by atoms with Crippen molar-refractivity contribution in [3.63, 3.8) is 0 Å². The second kappa shape index (κ2) is 10.8. The molecule has 0 saturated carbocycles. The summed E-state index contributed by atoms with van der Waals surface area (Å²) in [6.45, 7) is 3.98. The first kappa shape index (κ1) is 26.5. The fraction of sp³-hybridized carbons (Fsp3) is 0.233. The Bertz CT molecular complexity index is 1410. The van der Waals surface area contributed by atoms with Gasteiger partial charge >= 0.3 is 5.97 Å². The topological polar surface area (TPSA) is 113 Å². The van der Waals surface area contributed by atoms with Crippen molar-refractivity contribution in [1.29, 1.82) is 0 Å². The number of carboxylic acids is 1. The van der Waals surface area contributed by atoms with Crippen LogP contribution in [0.2, 0.25) is 0 Å². The van der Waals surface area contributed by atoms with Crippen LogP contribution in [0.15, 0.2) is 72.3 Å². The third-order valence-electron chi connectivity index (χ3n) is 6.57. The number of ketones is 1. The molecular formula is C30H29NO7. The monoisotopic (exact) mass is 515 g/mol. The van der Waals surface area contributed by atoms with Crippen molar-refractivity contribution in [3.05, 3.63) is 94.6 Å². The van der Waals surface area contributed by atoms with Crippen LogP contribution in [0.3, 0.4) is 0 Å². The number of rotatable bonds is 8. The predicted molar refractivity (Wildman–Crippen MR) is 143 cm³/mol. The second-order valence-electron chi connectivity index (χ2n) is 9.29. The van der Waals surface area contributed by atoms with E-state index >= 15 is 0 Å². The number of aliphatic carboxylic acids is 1. The summed E-state index contributed by atoms with van der Waals surface area (Å²) < 4.78 is 10.7. The summed E-state index contributed by atoms with van der Waals surface area (Å²) in [6.07, 6.45) is -0.170. The maximum Gasteiger partial charge on any atom is 0.307 e. The maximum atomic E-state index is 13.4. The highest BCUT2D eigenvalue weighted by Gasteiger charge is 2.47. The number of ether oxygens (including phenoxy) is 2. The van der Waals surface area contributed by atoms with Gasteiger partial charge in [0.2, 0.25) is 0 Å². The molecule has 1 atom stereocenters. The van der Waals surface area contributed by atoms with Crippen molar-refractivity contribution in [3.8, 4) is 11.5 Å².